The number of halogens is 3. The zero-order valence-electron chi connectivity index (χ0n) is 13.5. The van der Waals surface area contributed by atoms with Gasteiger partial charge in [-0.3, -0.25) is 4.79 Å². The summed E-state index contributed by atoms with van der Waals surface area (Å²) in [6.07, 6.45) is 0. The third kappa shape index (κ3) is 5.04. The molecule has 134 valence electrons. The second kappa shape index (κ2) is 8.99. The first-order valence-electron chi connectivity index (χ1n) is 7.78. The summed E-state index contributed by atoms with van der Waals surface area (Å²) in [5, 5.41) is 6.22. The van der Waals surface area contributed by atoms with E-state index in [0.29, 0.717) is 11.3 Å². The molecule has 1 amide bonds. The Morgan fingerprint density at radius 1 is 1.28 bits per heavy atom. The van der Waals surface area contributed by atoms with Gasteiger partial charge in [0.15, 0.2) is 0 Å². The zero-order chi connectivity index (χ0) is 16.9. The van der Waals surface area contributed by atoms with Gasteiger partial charge >= 0.3 is 0 Å². The van der Waals surface area contributed by atoms with Crippen LogP contribution in [-0.4, -0.2) is 37.1 Å². The Labute approximate surface area is 157 Å². The SMILES string of the molecule is Cl.O=C(NCc1ccc(N2CCNCC2)c(F)c1)c1cccc(Cl)n1. The van der Waals surface area contributed by atoms with E-state index in [0.717, 1.165) is 26.2 Å². The minimum atomic E-state index is -0.343. The fourth-order valence-electron chi connectivity index (χ4n) is 2.63. The van der Waals surface area contributed by atoms with E-state index in [4.69, 9.17) is 11.6 Å². The predicted octanol–water partition coefficient (Wildman–Crippen LogP) is 2.64. The molecule has 0 bridgehead atoms. The second-order valence-electron chi connectivity index (χ2n) is 5.55. The summed E-state index contributed by atoms with van der Waals surface area (Å²) < 4.78 is 14.3. The molecule has 2 N–H and O–H groups in total. The maximum Gasteiger partial charge on any atom is 0.270 e. The lowest BCUT2D eigenvalue weighted by atomic mass is 10.1. The van der Waals surface area contributed by atoms with Crippen molar-refractivity contribution in [2.75, 3.05) is 31.1 Å². The van der Waals surface area contributed by atoms with Crippen LogP contribution in [0.25, 0.3) is 0 Å². The van der Waals surface area contributed by atoms with Crippen LogP contribution in [0.15, 0.2) is 36.4 Å². The molecule has 1 aromatic heterocycles. The van der Waals surface area contributed by atoms with E-state index in [1.54, 1.807) is 24.3 Å². The van der Waals surface area contributed by atoms with E-state index in [-0.39, 0.29) is 41.5 Å². The molecule has 5 nitrogen and oxygen atoms in total. The summed E-state index contributed by atoms with van der Waals surface area (Å²) in [5.74, 6) is -0.617. The van der Waals surface area contributed by atoms with Crippen molar-refractivity contribution in [1.82, 2.24) is 15.6 Å². The molecular weight excluding hydrogens is 366 g/mol. The minimum absolute atomic E-state index is 0. The van der Waals surface area contributed by atoms with Gasteiger partial charge < -0.3 is 15.5 Å². The number of piperazine rings is 1. The third-order valence-electron chi connectivity index (χ3n) is 3.87. The first-order chi connectivity index (χ1) is 11.6. The van der Waals surface area contributed by atoms with E-state index < -0.39 is 0 Å². The molecule has 8 heteroatoms. The van der Waals surface area contributed by atoms with Gasteiger partial charge in [-0.25, -0.2) is 9.37 Å². The number of carbonyl (C=O) groups excluding carboxylic acids is 1. The summed E-state index contributed by atoms with van der Waals surface area (Å²) in [6, 6.07) is 9.89. The van der Waals surface area contributed by atoms with Crippen LogP contribution in [0.2, 0.25) is 5.15 Å². The Hall–Kier alpha value is -1.89. The average molecular weight is 385 g/mol. The highest BCUT2D eigenvalue weighted by atomic mass is 35.5. The van der Waals surface area contributed by atoms with Crippen LogP contribution in [0, 0.1) is 5.82 Å². The highest BCUT2D eigenvalue weighted by molar-refractivity contribution is 6.29. The largest absolute Gasteiger partial charge is 0.367 e. The number of aromatic nitrogens is 1. The monoisotopic (exact) mass is 384 g/mol. The van der Waals surface area contributed by atoms with E-state index in [1.165, 1.54) is 6.07 Å². The lowest BCUT2D eigenvalue weighted by molar-refractivity contribution is 0.0946. The van der Waals surface area contributed by atoms with Gasteiger partial charge in [-0.05, 0) is 29.8 Å². The van der Waals surface area contributed by atoms with Gasteiger partial charge in [0, 0.05) is 32.7 Å². The van der Waals surface area contributed by atoms with Gasteiger partial charge in [0.05, 0.1) is 5.69 Å². The molecule has 1 aliphatic heterocycles. The Kier molecular flexibility index (Phi) is 6.99. The van der Waals surface area contributed by atoms with Crippen LogP contribution in [0.3, 0.4) is 0 Å². The Balaban J connectivity index is 0.00000225. The normalized spacial score (nSPS) is 13.9. The number of amides is 1. The lowest BCUT2D eigenvalue weighted by Crippen LogP contribution is -2.43. The minimum Gasteiger partial charge on any atom is -0.367 e. The molecule has 0 unspecified atom stereocenters. The molecule has 25 heavy (non-hydrogen) atoms. The van der Waals surface area contributed by atoms with Crippen molar-refractivity contribution in [3.63, 3.8) is 0 Å². The highest BCUT2D eigenvalue weighted by Gasteiger charge is 2.15. The molecule has 0 aliphatic carbocycles. The van der Waals surface area contributed by atoms with Crippen LogP contribution in [0.5, 0.6) is 0 Å². The molecule has 0 saturated carbocycles. The topological polar surface area (TPSA) is 57.3 Å². The van der Waals surface area contributed by atoms with Crippen LogP contribution in [0.1, 0.15) is 16.1 Å². The van der Waals surface area contributed by atoms with E-state index in [9.17, 15) is 9.18 Å². The fourth-order valence-corrected chi connectivity index (χ4v) is 2.79. The van der Waals surface area contributed by atoms with Gasteiger partial charge in [0.1, 0.15) is 16.7 Å². The molecule has 0 atom stereocenters. The van der Waals surface area contributed by atoms with Gasteiger partial charge in [-0.1, -0.05) is 23.7 Å². The quantitative estimate of drug-likeness (QED) is 0.795. The number of anilines is 1. The predicted molar refractivity (Wildman–Crippen MR) is 99.1 cm³/mol. The molecule has 1 aliphatic rings. The van der Waals surface area contributed by atoms with Crippen molar-refractivity contribution < 1.29 is 9.18 Å². The highest BCUT2D eigenvalue weighted by Crippen LogP contribution is 2.21. The summed E-state index contributed by atoms with van der Waals surface area (Å²) in [4.78, 5) is 18.0. The molecule has 3 rings (SSSR count). The molecule has 1 saturated heterocycles. The van der Waals surface area contributed by atoms with Crippen molar-refractivity contribution in [1.29, 1.82) is 0 Å². The summed E-state index contributed by atoms with van der Waals surface area (Å²) in [7, 11) is 0. The number of hydrogen-bond donors (Lipinski definition) is 2. The Morgan fingerprint density at radius 3 is 2.72 bits per heavy atom. The van der Waals surface area contributed by atoms with E-state index in [1.807, 2.05) is 11.0 Å². The molecule has 0 radical (unpaired) electrons. The lowest BCUT2D eigenvalue weighted by Gasteiger charge is -2.29. The molecule has 2 heterocycles. The van der Waals surface area contributed by atoms with Crippen molar-refractivity contribution in [3.05, 3.63) is 58.6 Å². The number of benzene rings is 1. The number of carbonyl (C=O) groups is 1. The Bertz CT molecular complexity index is 738. The Morgan fingerprint density at radius 2 is 2.04 bits per heavy atom. The summed E-state index contributed by atoms with van der Waals surface area (Å²) >= 11 is 5.77. The number of hydrogen-bond acceptors (Lipinski definition) is 4. The van der Waals surface area contributed by atoms with Gasteiger partial charge in [0.2, 0.25) is 0 Å². The summed E-state index contributed by atoms with van der Waals surface area (Å²) in [6.45, 7) is 3.50. The van der Waals surface area contributed by atoms with Crippen molar-refractivity contribution in [2.45, 2.75) is 6.54 Å². The molecule has 1 fully saturated rings. The van der Waals surface area contributed by atoms with E-state index >= 15 is 0 Å². The van der Waals surface area contributed by atoms with Crippen LogP contribution in [0.4, 0.5) is 10.1 Å². The van der Waals surface area contributed by atoms with Gasteiger partial charge in [0.25, 0.3) is 5.91 Å². The molecule has 0 spiro atoms. The van der Waals surface area contributed by atoms with Crippen LogP contribution in [-0.2, 0) is 6.54 Å². The molecular formula is C17H19Cl2FN4O. The molecule has 1 aromatic carbocycles. The average Bonchev–Trinajstić information content (AvgIpc) is 2.60. The number of pyridine rings is 1. The first kappa shape index (κ1) is 19.4. The first-order valence-corrected chi connectivity index (χ1v) is 8.16. The van der Waals surface area contributed by atoms with Crippen LogP contribution < -0.4 is 15.5 Å². The van der Waals surface area contributed by atoms with Crippen molar-refractivity contribution >= 4 is 35.6 Å². The summed E-state index contributed by atoms with van der Waals surface area (Å²) in [5.41, 5.74) is 1.53. The van der Waals surface area contributed by atoms with E-state index in [2.05, 4.69) is 15.6 Å². The van der Waals surface area contributed by atoms with Crippen molar-refractivity contribution in [2.24, 2.45) is 0 Å². The smallest absolute Gasteiger partial charge is 0.270 e. The third-order valence-corrected chi connectivity index (χ3v) is 4.08. The molecule has 2 aromatic rings. The number of nitrogens with one attached hydrogen (secondary N) is 2. The van der Waals surface area contributed by atoms with Gasteiger partial charge in [-0.15, -0.1) is 12.4 Å². The number of rotatable bonds is 4. The second-order valence-corrected chi connectivity index (χ2v) is 5.94. The van der Waals surface area contributed by atoms with Gasteiger partial charge in [-0.2, -0.15) is 0 Å². The van der Waals surface area contributed by atoms with Crippen molar-refractivity contribution in [3.8, 4) is 0 Å². The number of nitrogens with zero attached hydrogens (tertiary/aromatic N) is 2. The van der Waals surface area contributed by atoms with Crippen LogP contribution >= 0.6 is 24.0 Å². The maximum absolute atomic E-state index is 14.3. The maximum atomic E-state index is 14.3. The standard InChI is InChI=1S/C17H18ClFN4O.ClH/c18-16-3-1-2-14(22-16)17(24)21-11-12-4-5-15(13(19)10-12)23-8-6-20-7-9-23;/h1-5,10,20H,6-9,11H2,(H,21,24);1H. The zero-order valence-corrected chi connectivity index (χ0v) is 15.0. The fraction of sp³-hybridized carbons (Fsp3) is 0.294.